The first-order valence-electron chi connectivity index (χ1n) is 11.8. The van der Waals surface area contributed by atoms with Gasteiger partial charge in [-0.05, 0) is 18.6 Å². The van der Waals surface area contributed by atoms with Crippen LogP contribution in [0, 0.1) is 0 Å². The first-order valence-corrected chi connectivity index (χ1v) is 12.6. The van der Waals surface area contributed by atoms with Gasteiger partial charge in [0, 0.05) is 33.1 Å². The average molecular weight is 528 g/mol. The van der Waals surface area contributed by atoms with Gasteiger partial charge in [0.25, 0.3) is 11.4 Å². The Morgan fingerprint density at radius 2 is 1.95 bits per heavy atom. The van der Waals surface area contributed by atoms with Crippen molar-refractivity contribution >= 4 is 44.7 Å². The van der Waals surface area contributed by atoms with Crippen LogP contribution in [-0.2, 0) is 17.8 Å². The van der Waals surface area contributed by atoms with E-state index in [4.69, 9.17) is 10.2 Å². The Morgan fingerprint density at radius 1 is 1.11 bits per heavy atom. The highest BCUT2D eigenvalue weighted by Gasteiger charge is 2.31. The molecule has 6 rings (SSSR count). The lowest BCUT2D eigenvalue weighted by molar-refractivity contribution is -0.124. The van der Waals surface area contributed by atoms with Gasteiger partial charge in [0.05, 0.1) is 18.9 Å². The minimum Gasteiger partial charge on any atom is -0.432 e. The van der Waals surface area contributed by atoms with Crippen molar-refractivity contribution in [2.75, 3.05) is 11.1 Å². The number of nitrogen functional groups attached to an aromatic ring is 1. The lowest BCUT2D eigenvalue weighted by Crippen LogP contribution is -2.36. The molecule has 1 unspecified atom stereocenters. The summed E-state index contributed by atoms with van der Waals surface area (Å²) in [6, 6.07) is 12.2. The second-order valence-electron chi connectivity index (χ2n) is 8.75. The maximum atomic E-state index is 13.3. The molecule has 4 N–H and O–H groups in total. The Hall–Kier alpha value is -4.84. The molecule has 38 heavy (non-hydrogen) atoms. The largest absolute Gasteiger partial charge is 0.432 e. The van der Waals surface area contributed by atoms with Crippen LogP contribution in [0.2, 0.25) is 0 Å². The fraction of sp³-hybridized carbons (Fsp3) is 0.154. The number of nitrogens with zero attached hydrogens (tertiary/aromatic N) is 4. The van der Waals surface area contributed by atoms with Crippen LogP contribution in [0.15, 0.2) is 70.3 Å². The molecule has 0 bridgehead atoms. The van der Waals surface area contributed by atoms with Crippen molar-refractivity contribution in [1.82, 2.24) is 24.8 Å². The number of nitrogens with two attached hydrogens (primary N) is 1. The normalized spacial score (nSPS) is 14.4. The third-order valence-electron chi connectivity index (χ3n) is 6.24. The number of carbonyl (C=O) groups is 2. The smallest absolute Gasteiger partial charge is 0.311 e. The number of oxazole rings is 1. The molecule has 12 heteroatoms. The zero-order chi connectivity index (χ0) is 26.2. The van der Waals surface area contributed by atoms with Gasteiger partial charge in [-0.2, -0.15) is 0 Å². The first kappa shape index (κ1) is 23.6. The van der Waals surface area contributed by atoms with Crippen molar-refractivity contribution in [2.24, 2.45) is 0 Å². The van der Waals surface area contributed by atoms with Crippen molar-refractivity contribution in [3.8, 4) is 11.3 Å². The molecule has 2 amide bonds. The van der Waals surface area contributed by atoms with E-state index < -0.39 is 17.5 Å². The van der Waals surface area contributed by atoms with Gasteiger partial charge < -0.3 is 20.8 Å². The van der Waals surface area contributed by atoms with Crippen molar-refractivity contribution in [3.05, 3.63) is 88.0 Å². The fourth-order valence-corrected chi connectivity index (χ4v) is 5.43. The number of benzene rings is 1. The molecule has 190 valence electrons. The molecule has 1 aromatic carbocycles. The molecule has 0 radical (unpaired) electrons. The Labute approximate surface area is 219 Å². The average Bonchev–Trinajstić information content (AvgIpc) is 3.67. The lowest BCUT2D eigenvalue weighted by atomic mass is 10.2. The molecule has 5 heterocycles. The highest BCUT2D eigenvalue weighted by Crippen LogP contribution is 2.27. The molecular formula is C26H21N7O4S. The van der Waals surface area contributed by atoms with Crippen LogP contribution in [0.3, 0.4) is 0 Å². The number of hydrogen-bond donors (Lipinski definition) is 3. The number of amides is 2. The van der Waals surface area contributed by atoms with Crippen LogP contribution in [-0.4, -0.2) is 31.3 Å². The topological polar surface area (TPSA) is 158 Å². The summed E-state index contributed by atoms with van der Waals surface area (Å²) in [6.07, 6.45) is 5.33. The molecule has 4 aromatic heterocycles. The van der Waals surface area contributed by atoms with Gasteiger partial charge in [-0.15, -0.1) is 11.3 Å². The molecule has 0 fully saturated rings. The number of fused-ring (bicyclic) bond motifs is 2. The number of hydrogen-bond acceptors (Lipinski definition) is 9. The van der Waals surface area contributed by atoms with E-state index in [1.54, 1.807) is 12.3 Å². The van der Waals surface area contributed by atoms with E-state index >= 15 is 0 Å². The molecule has 0 saturated carbocycles. The van der Waals surface area contributed by atoms with Crippen molar-refractivity contribution < 1.29 is 14.0 Å². The van der Waals surface area contributed by atoms with Crippen LogP contribution in [0.25, 0.3) is 21.4 Å². The SMILES string of the molecule is Nc1cc2sc(CNC(=O)C3CCc4ncc(NC(=O)c5ncc(-c6ccccc6)o5)c(=O)n43)cc2cn1. The number of aryl methyl sites for hydroxylation is 1. The van der Waals surface area contributed by atoms with E-state index in [-0.39, 0.29) is 17.5 Å². The Bertz CT molecular complexity index is 1740. The summed E-state index contributed by atoms with van der Waals surface area (Å²) in [5, 5.41) is 6.38. The van der Waals surface area contributed by atoms with Gasteiger partial charge in [-0.25, -0.2) is 15.0 Å². The number of pyridine rings is 1. The Morgan fingerprint density at radius 3 is 2.79 bits per heavy atom. The quantitative estimate of drug-likeness (QED) is 0.304. The molecular weight excluding hydrogens is 506 g/mol. The summed E-state index contributed by atoms with van der Waals surface area (Å²) in [5.74, 6) is 0.167. The third-order valence-corrected chi connectivity index (χ3v) is 7.34. The van der Waals surface area contributed by atoms with Gasteiger partial charge >= 0.3 is 5.91 Å². The van der Waals surface area contributed by atoms with Crippen LogP contribution >= 0.6 is 11.3 Å². The minimum atomic E-state index is -0.736. The molecule has 1 atom stereocenters. The molecule has 11 nitrogen and oxygen atoms in total. The zero-order valence-electron chi connectivity index (χ0n) is 19.9. The van der Waals surface area contributed by atoms with Gasteiger partial charge in [-0.1, -0.05) is 30.3 Å². The standard InChI is InChI=1S/C26H21N7O4S/c27-21-9-20-15(10-28-21)8-16(38-20)11-30-23(34)18-6-7-22-29-12-17(26(36)33(18)22)32-24(35)25-31-13-19(37-25)14-4-2-1-3-5-14/h1-5,8-10,12-13,18H,6-7,11H2,(H2,27,28)(H,30,34)(H,32,35). The summed E-state index contributed by atoms with van der Waals surface area (Å²) in [5.41, 5.74) is 5.94. The Balaban J connectivity index is 1.17. The van der Waals surface area contributed by atoms with Gasteiger partial charge in [0.2, 0.25) is 5.91 Å². The Kier molecular flexibility index (Phi) is 5.92. The van der Waals surface area contributed by atoms with E-state index in [0.29, 0.717) is 36.8 Å². The van der Waals surface area contributed by atoms with Crippen LogP contribution < -0.4 is 21.9 Å². The number of thiophene rings is 1. The monoisotopic (exact) mass is 527 g/mol. The number of nitrogens with one attached hydrogen (secondary N) is 2. The number of aromatic nitrogens is 4. The highest BCUT2D eigenvalue weighted by molar-refractivity contribution is 7.19. The molecule has 0 saturated heterocycles. The van der Waals surface area contributed by atoms with Crippen LogP contribution in [0.5, 0.6) is 0 Å². The number of anilines is 2. The van der Waals surface area contributed by atoms with E-state index in [1.807, 2.05) is 36.4 Å². The van der Waals surface area contributed by atoms with Crippen molar-refractivity contribution in [1.29, 1.82) is 0 Å². The minimum absolute atomic E-state index is 0.0625. The number of carbonyl (C=O) groups excluding carboxylic acids is 2. The van der Waals surface area contributed by atoms with Crippen LogP contribution in [0.4, 0.5) is 11.5 Å². The van der Waals surface area contributed by atoms with E-state index in [2.05, 4.69) is 25.6 Å². The van der Waals surface area contributed by atoms with Gasteiger partial charge in [-0.3, -0.25) is 19.0 Å². The van der Waals surface area contributed by atoms with Crippen LogP contribution in [0.1, 0.15) is 33.8 Å². The fourth-order valence-electron chi connectivity index (χ4n) is 4.41. The summed E-state index contributed by atoms with van der Waals surface area (Å²) in [6.45, 7) is 0.302. The molecule has 5 aromatic rings. The third kappa shape index (κ3) is 4.41. The number of rotatable bonds is 6. The van der Waals surface area contributed by atoms with E-state index in [9.17, 15) is 14.4 Å². The predicted octanol–water partition coefficient (Wildman–Crippen LogP) is 3.15. The van der Waals surface area contributed by atoms with E-state index in [0.717, 1.165) is 20.5 Å². The first-order chi connectivity index (χ1) is 18.5. The lowest BCUT2D eigenvalue weighted by Gasteiger charge is -2.15. The summed E-state index contributed by atoms with van der Waals surface area (Å²) in [4.78, 5) is 52.4. The maximum absolute atomic E-state index is 13.3. The molecule has 0 spiro atoms. The zero-order valence-corrected chi connectivity index (χ0v) is 20.7. The molecule has 1 aliphatic heterocycles. The highest BCUT2D eigenvalue weighted by atomic mass is 32.1. The van der Waals surface area contributed by atoms with E-state index in [1.165, 1.54) is 28.3 Å². The second-order valence-corrected chi connectivity index (χ2v) is 9.91. The maximum Gasteiger partial charge on any atom is 0.311 e. The summed E-state index contributed by atoms with van der Waals surface area (Å²) in [7, 11) is 0. The van der Waals surface area contributed by atoms with Gasteiger partial charge in [0.1, 0.15) is 23.4 Å². The summed E-state index contributed by atoms with van der Waals surface area (Å²) < 4.78 is 7.89. The predicted molar refractivity (Wildman–Crippen MR) is 142 cm³/mol. The molecule has 1 aliphatic rings. The van der Waals surface area contributed by atoms with Gasteiger partial charge in [0.15, 0.2) is 5.76 Å². The molecule has 0 aliphatic carbocycles. The second kappa shape index (κ2) is 9.56. The van der Waals surface area contributed by atoms with Crippen molar-refractivity contribution in [2.45, 2.75) is 25.4 Å². The van der Waals surface area contributed by atoms with Crippen molar-refractivity contribution in [3.63, 3.8) is 0 Å². The summed E-state index contributed by atoms with van der Waals surface area (Å²) >= 11 is 1.51.